The van der Waals surface area contributed by atoms with Crippen LogP contribution in [0.25, 0.3) is 0 Å². The molecular weight excluding hydrogens is 218 g/mol. The minimum absolute atomic E-state index is 0.205. The highest BCUT2D eigenvalue weighted by molar-refractivity contribution is 5.53. The molecule has 0 bridgehead atoms. The van der Waals surface area contributed by atoms with Gasteiger partial charge in [0.2, 0.25) is 5.88 Å². The maximum Gasteiger partial charge on any atom is 0.236 e. The lowest BCUT2D eigenvalue weighted by atomic mass is 10.1. The molecule has 0 spiro atoms. The van der Waals surface area contributed by atoms with E-state index in [-0.39, 0.29) is 6.10 Å². The van der Waals surface area contributed by atoms with Gasteiger partial charge in [0, 0.05) is 19.9 Å². The fraction of sp³-hybridized carbons (Fsp3) is 0.750. The van der Waals surface area contributed by atoms with Crippen LogP contribution in [0.5, 0.6) is 5.88 Å². The van der Waals surface area contributed by atoms with Crippen molar-refractivity contribution in [2.24, 2.45) is 7.05 Å². The number of ether oxygens (including phenoxy) is 2. The smallest absolute Gasteiger partial charge is 0.236 e. The summed E-state index contributed by atoms with van der Waals surface area (Å²) in [4.78, 5) is 0. The molecule has 1 aliphatic rings. The van der Waals surface area contributed by atoms with E-state index in [1.54, 1.807) is 4.68 Å². The molecule has 5 heteroatoms. The van der Waals surface area contributed by atoms with Gasteiger partial charge in [0.25, 0.3) is 0 Å². The zero-order valence-corrected chi connectivity index (χ0v) is 10.6. The molecule has 0 amide bonds. The van der Waals surface area contributed by atoms with Gasteiger partial charge < -0.3 is 15.2 Å². The summed E-state index contributed by atoms with van der Waals surface area (Å²) in [6.07, 6.45) is 3.99. The van der Waals surface area contributed by atoms with Crippen molar-refractivity contribution < 1.29 is 9.47 Å². The Morgan fingerprint density at radius 3 is 2.82 bits per heavy atom. The molecule has 17 heavy (non-hydrogen) atoms. The van der Waals surface area contributed by atoms with Gasteiger partial charge in [-0.05, 0) is 6.42 Å². The fourth-order valence-electron chi connectivity index (χ4n) is 2.09. The molecule has 1 aromatic heterocycles. The average Bonchev–Trinajstić information content (AvgIpc) is 2.59. The normalized spacial score (nSPS) is 17.3. The summed E-state index contributed by atoms with van der Waals surface area (Å²) < 4.78 is 13.0. The quantitative estimate of drug-likeness (QED) is 0.865. The van der Waals surface area contributed by atoms with Crippen LogP contribution in [0.4, 0.5) is 5.69 Å². The van der Waals surface area contributed by atoms with Crippen LogP contribution in [0.2, 0.25) is 0 Å². The third-order valence-corrected chi connectivity index (χ3v) is 3.04. The summed E-state index contributed by atoms with van der Waals surface area (Å²) in [6, 6.07) is 0. The molecule has 2 rings (SSSR count). The maximum atomic E-state index is 6.07. The SMILES string of the molecule is CCCc1nn(C)c(OC2CCOCC2)c1N. The summed E-state index contributed by atoms with van der Waals surface area (Å²) in [5, 5.41) is 4.40. The Labute approximate surface area is 102 Å². The summed E-state index contributed by atoms with van der Waals surface area (Å²) >= 11 is 0. The molecule has 0 radical (unpaired) electrons. The lowest BCUT2D eigenvalue weighted by Gasteiger charge is -2.23. The molecular formula is C12H21N3O2. The number of nitrogen functional groups attached to an aromatic ring is 1. The van der Waals surface area contributed by atoms with E-state index in [2.05, 4.69) is 12.0 Å². The van der Waals surface area contributed by atoms with E-state index in [0.29, 0.717) is 11.6 Å². The van der Waals surface area contributed by atoms with Crippen LogP contribution >= 0.6 is 0 Å². The van der Waals surface area contributed by atoms with Crippen molar-refractivity contribution in [3.8, 4) is 5.88 Å². The zero-order chi connectivity index (χ0) is 12.3. The summed E-state index contributed by atoms with van der Waals surface area (Å²) in [5.41, 5.74) is 7.70. The molecule has 0 aromatic carbocycles. The fourth-order valence-corrected chi connectivity index (χ4v) is 2.09. The molecule has 1 aliphatic heterocycles. The van der Waals surface area contributed by atoms with Crippen LogP contribution in [-0.2, 0) is 18.2 Å². The van der Waals surface area contributed by atoms with E-state index in [1.807, 2.05) is 7.05 Å². The Balaban J connectivity index is 2.08. The lowest BCUT2D eigenvalue weighted by Crippen LogP contribution is -2.26. The molecule has 1 saturated heterocycles. The molecule has 0 unspecified atom stereocenters. The number of nitrogens with zero attached hydrogens (tertiary/aromatic N) is 2. The highest BCUT2D eigenvalue weighted by Crippen LogP contribution is 2.28. The molecule has 0 saturated carbocycles. The van der Waals surface area contributed by atoms with Crippen molar-refractivity contribution in [2.75, 3.05) is 18.9 Å². The number of aromatic nitrogens is 2. The third kappa shape index (κ3) is 2.72. The summed E-state index contributed by atoms with van der Waals surface area (Å²) in [7, 11) is 1.88. The number of aryl methyl sites for hydroxylation is 2. The first-order chi connectivity index (χ1) is 8.22. The van der Waals surface area contributed by atoms with E-state index < -0.39 is 0 Å². The van der Waals surface area contributed by atoms with Crippen molar-refractivity contribution >= 4 is 5.69 Å². The minimum Gasteiger partial charge on any atom is -0.473 e. The van der Waals surface area contributed by atoms with Crippen LogP contribution in [0, 0.1) is 0 Å². The first-order valence-electron chi connectivity index (χ1n) is 6.28. The monoisotopic (exact) mass is 239 g/mol. The van der Waals surface area contributed by atoms with E-state index in [0.717, 1.165) is 44.6 Å². The largest absolute Gasteiger partial charge is 0.473 e. The predicted molar refractivity (Wildman–Crippen MR) is 66.1 cm³/mol. The van der Waals surface area contributed by atoms with Gasteiger partial charge in [-0.3, -0.25) is 0 Å². The molecule has 5 nitrogen and oxygen atoms in total. The van der Waals surface area contributed by atoms with E-state index >= 15 is 0 Å². The first-order valence-corrected chi connectivity index (χ1v) is 6.28. The highest BCUT2D eigenvalue weighted by atomic mass is 16.5. The maximum absolute atomic E-state index is 6.07. The second kappa shape index (κ2) is 5.40. The third-order valence-electron chi connectivity index (χ3n) is 3.04. The average molecular weight is 239 g/mol. The Morgan fingerprint density at radius 2 is 2.18 bits per heavy atom. The van der Waals surface area contributed by atoms with Crippen LogP contribution in [0.1, 0.15) is 31.9 Å². The number of hydrogen-bond acceptors (Lipinski definition) is 4. The Bertz CT molecular complexity index is 370. The molecule has 0 atom stereocenters. The number of anilines is 1. The predicted octanol–water partition coefficient (Wildman–Crippen LogP) is 1.51. The standard InChI is InChI=1S/C12H21N3O2/c1-3-4-10-11(13)12(15(2)14-10)17-9-5-7-16-8-6-9/h9H,3-8,13H2,1-2H3. The number of hydrogen-bond donors (Lipinski definition) is 1. The Kier molecular flexibility index (Phi) is 3.89. The molecule has 96 valence electrons. The van der Waals surface area contributed by atoms with Gasteiger partial charge in [0.05, 0.1) is 18.9 Å². The number of nitrogens with two attached hydrogens (primary N) is 1. The van der Waals surface area contributed by atoms with Crippen molar-refractivity contribution in [1.82, 2.24) is 9.78 Å². The molecule has 2 heterocycles. The lowest BCUT2D eigenvalue weighted by molar-refractivity contribution is 0.0224. The zero-order valence-electron chi connectivity index (χ0n) is 10.6. The van der Waals surface area contributed by atoms with Crippen molar-refractivity contribution in [1.29, 1.82) is 0 Å². The molecule has 2 N–H and O–H groups in total. The molecule has 1 aromatic rings. The highest BCUT2D eigenvalue weighted by Gasteiger charge is 2.20. The van der Waals surface area contributed by atoms with Crippen LogP contribution < -0.4 is 10.5 Å². The first kappa shape index (κ1) is 12.2. The Morgan fingerprint density at radius 1 is 1.47 bits per heavy atom. The number of rotatable bonds is 4. The molecule has 1 fully saturated rings. The van der Waals surface area contributed by atoms with Crippen LogP contribution in [-0.4, -0.2) is 29.1 Å². The topological polar surface area (TPSA) is 62.3 Å². The van der Waals surface area contributed by atoms with Crippen molar-refractivity contribution in [2.45, 2.75) is 38.7 Å². The van der Waals surface area contributed by atoms with Gasteiger partial charge in [0.15, 0.2) is 0 Å². The van der Waals surface area contributed by atoms with Crippen LogP contribution in [0.3, 0.4) is 0 Å². The van der Waals surface area contributed by atoms with Crippen molar-refractivity contribution in [3.63, 3.8) is 0 Å². The van der Waals surface area contributed by atoms with Gasteiger partial charge in [0.1, 0.15) is 11.8 Å². The summed E-state index contributed by atoms with van der Waals surface area (Å²) in [5.74, 6) is 0.709. The van der Waals surface area contributed by atoms with E-state index in [4.69, 9.17) is 15.2 Å². The van der Waals surface area contributed by atoms with Gasteiger partial charge in [-0.25, -0.2) is 4.68 Å². The van der Waals surface area contributed by atoms with E-state index in [9.17, 15) is 0 Å². The van der Waals surface area contributed by atoms with Crippen molar-refractivity contribution in [3.05, 3.63) is 5.69 Å². The van der Waals surface area contributed by atoms with Gasteiger partial charge >= 0.3 is 0 Å². The van der Waals surface area contributed by atoms with Gasteiger partial charge in [-0.1, -0.05) is 13.3 Å². The van der Waals surface area contributed by atoms with E-state index in [1.165, 1.54) is 0 Å². The summed E-state index contributed by atoms with van der Waals surface area (Å²) in [6.45, 7) is 3.65. The molecule has 0 aliphatic carbocycles. The minimum atomic E-state index is 0.205. The van der Waals surface area contributed by atoms with Gasteiger partial charge in [-0.2, -0.15) is 5.10 Å². The second-order valence-corrected chi connectivity index (χ2v) is 4.47. The second-order valence-electron chi connectivity index (χ2n) is 4.47. The Hall–Kier alpha value is -1.23. The van der Waals surface area contributed by atoms with Gasteiger partial charge in [-0.15, -0.1) is 0 Å². The van der Waals surface area contributed by atoms with Crippen LogP contribution in [0.15, 0.2) is 0 Å².